The molecule has 0 aliphatic rings. The number of halogens is 1. The van der Waals surface area contributed by atoms with Crippen LogP contribution in [0.25, 0.3) is 0 Å². The van der Waals surface area contributed by atoms with Gasteiger partial charge in [-0.2, -0.15) is 0 Å². The molecule has 0 radical (unpaired) electrons. The lowest BCUT2D eigenvalue weighted by molar-refractivity contribution is -0.146. The van der Waals surface area contributed by atoms with Crippen LogP contribution in [0.2, 0.25) is 0 Å². The molecule has 0 heterocycles. The molecule has 0 saturated heterocycles. The van der Waals surface area contributed by atoms with Crippen LogP contribution >= 0.6 is 11.6 Å². The Bertz CT molecular complexity index is 195. The first-order valence-corrected chi connectivity index (χ1v) is 4.95. The van der Waals surface area contributed by atoms with Crippen molar-refractivity contribution in [2.45, 2.75) is 12.8 Å². The van der Waals surface area contributed by atoms with Crippen LogP contribution in [0, 0.1) is 0 Å². The van der Waals surface area contributed by atoms with Crippen molar-refractivity contribution >= 4 is 22.8 Å². The molecule has 0 spiro atoms. The van der Waals surface area contributed by atoms with Crippen LogP contribution in [0.4, 0.5) is 0 Å². The molecule has 0 unspecified atom stereocenters. The molecule has 0 aromatic rings. The summed E-state index contributed by atoms with van der Waals surface area (Å²) in [7, 11) is 1.58. The summed E-state index contributed by atoms with van der Waals surface area (Å²) in [6.07, 6.45) is 0.0192. The molecule has 0 aromatic heterocycles. The van der Waals surface area contributed by atoms with E-state index in [9.17, 15) is 9.59 Å². The zero-order valence-corrected chi connectivity index (χ0v) is 9.42. The second-order valence-electron chi connectivity index (χ2n) is 2.68. The minimum absolute atomic E-state index is 0.00488. The van der Waals surface area contributed by atoms with Crippen LogP contribution in [0.5, 0.6) is 0 Å². The van der Waals surface area contributed by atoms with Crippen molar-refractivity contribution in [1.29, 1.82) is 0 Å². The SMILES string of the molecule is COCCOCCOC(=O)CCC(=O)Cl. The molecule has 0 rings (SSSR count). The lowest BCUT2D eigenvalue weighted by atomic mass is 10.3. The van der Waals surface area contributed by atoms with E-state index in [1.807, 2.05) is 0 Å². The fraction of sp³-hybridized carbons (Fsp3) is 0.778. The minimum atomic E-state index is -0.539. The van der Waals surface area contributed by atoms with Gasteiger partial charge in [-0.1, -0.05) is 0 Å². The Balaban J connectivity index is 3.20. The van der Waals surface area contributed by atoms with E-state index >= 15 is 0 Å². The number of carbonyl (C=O) groups is 2. The fourth-order valence-corrected chi connectivity index (χ4v) is 0.826. The van der Waals surface area contributed by atoms with Crippen LogP contribution in [-0.4, -0.2) is 44.7 Å². The van der Waals surface area contributed by atoms with Gasteiger partial charge in [0.1, 0.15) is 6.61 Å². The molecule has 0 fully saturated rings. The van der Waals surface area contributed by atoms with E-state index in [1.165, 1.54) is 0 Å². The Labute approximate surface area is 93.6 Å². The number of methoxy groups -OCH3 is 1. The Morgan fingerprint density at radius 3 is 2.33 bits per heavy atom. The molecule has 0 atom stereocenters. The Morgan fingerprint density at radius 1 is 1.07 bits per heavy atom. The molecule has 0 aliphatic heterocycles. The number of hydrogen-bond donors (Lipinski definition) is 0. The number of hydrogen-bond acceptors (Lipinski definition) is 5. The smallest absolute Gasteiger partial charge is 0.306 e. The summed E-state index contributed by atoms with van der Waals surface area (Å²) < 4.78 is 14.6. The van der Waals surface area contributed by atoms with Gasteiger partial charge in [-0.15, -0.1) is 0 Å². The predicted molar refractivity (Wildman–Crippen MR) is 53.7 cm³/mol. The molecule has 0 aromatic carbocycles. The van der Waals surface area contributed by atoms with Crippen molar-refractivity contribution in [3.05, 3.63) is 0 Å². The Hall–Kier alpha value is -0.650. The van der Waals surface area contributed by atoms with Gasteiger partial charge in [0.25, 0.3) is 0 Å². The maximum Gasteiger partial charge on any atom is 0.306 e. The standard InChI is InChI=1S/C9H15ClO5/c1-13-4-5-14-6-7-15-9(12)3-2-8(10)11/h2-7H2,1H3. The first-order chi connectivity index (χ1) is 7.16. The zero-order valence-electron chi connectivity index (χ0n) is 8.66. The average molecular weight is 239 g/mol. The van der Waals surface area contributed by atoms with Crippen LogP contribution in [0.1, 0.15) is 12.8 Å². The molecule has 15 heavy (non-hydrogen) atoms. The highest BCUT2D eigenvalue weighted by Gasteiger charge is 2.05. The highest BCUT2D eigenvalue weighted by atomic mass is 35.5. The third-order valence-corrected chi connectivity index (χ3v) is 1.64. The maximum absolute atomic E-state index is 10.9. The molecule has 5 nitrogen and oxygen atoms in total. The maximum atomic E-state index is 10.9. The summed E-state index contributed by atoms with van der Waals surface area (Å²) in [5.41, 5.74) is 0. The molecule has 88 valence electrons. The summed E-state index contributed by atoms with van der Waals surface area (Å²) >= 11 is 5.06. The van der Waals surface area contributed by atoms with Crippen molar-refractivity contribution in [2.24, 2.45) is 0 Å². The van der Waals surface area contributed by atoms with E-state index in [4.69, 9.17) is 25.8 Å². The summed E-state index contributed by atoms with van der Waals surface area (Å²) in [4.78, 5) is 21.2. The minimum Gasteiger partial charge on any atom is -0.463 e. The van der Waals surface area contributed by atoms with Crippen LogP contribution in [0.15, 0.2) is 0 Å². The summed E-state index contributed by atoms with van der Waals surface area (Å²) in [6.45, 7) is 1.48. The van der Waals surface area contributed by atoms with Crippen molar-refractivity contribution < 1.29 is 23.8 Å². The monoisotopic (exact) mass is 238 g/mol. The quantitative estimate of drug-likeness (QED) is 0.337. The molecule has 0 bridgehead atoms. The lowest BCUT2D eigenvalue weighted by Gasteiger charge is -2.04. The molecule has 0 aliphatic carbocycles. The number of rotatable bonds is 9. The summed E-state index contributed by atoms with van der Waals surface area (Å²) in [5, 5.41) is -0.539. The van der Waals surface area contributed by atoms with E-state index in [-0.39, 0.29) is 19.4 Å². The van der Waals surface area contributed by atoms with Crippen molar-refractivity contribution in [3.8, 4) is 0 Å². The summed E-state index contributed by atoms with van der Waals surface area (Å²) in [5.74, 6) is -0.445. The molecular formula is C9H15ClO5. The topological polar surface area (TPSA) is 61.8 Å². The van der Waals surface area contributed by atoms with Gasteiger partial charge in [0.05, 0.1) is 26.2 Å². The zero-order chi connectivity index (χ0) is 11.5. The largest absolute Gasteiger partial charge is 0.463 e. The van der Waals surface area contributed by atoms with Gasteiger partial charge in [-0.3, -0.25) is 9.59 Å². The predicted octanol–water partition coefficient (Wildman–Crippen LogP) is 0.738. The van der Waals surface area contributed by atoms with Gasteiger partial charge < -0.3 is 14.2 Å². The summed E-state index contributed by atoms with van der Waals surface area (Å²) in [6, 6.07) is 0. The van der Waals surface area contributed by atoms with Gasteiger partial charge in [0.2, 0.25) is 5.24 Å². The van der Waals surface area contributed by atoms with E-state index in [1.54, 1.807) is 7.11 Å². The number of ether oxygens (including phenoxy) is 3. The van der Waals surface area contributed by atoms with Crippen LogP contribution in [0.3, 0.4) is 0 Å². The molecule has 0 amide bonds. The number of esters is 1. The molecule has 6 heteroatoms. The first kappa shape index (κ1) is 14.3. The van der Waals surface area contributed by atoms with E-state index in [0.29, 0.717) is 19.8 Å². The molecular weight excluding hydrogens is 224 g/mol. The van der Waals surface area contributed by atoms with Gasteiger partial charge in [0, 0.05) is 13.5 Å². The molecule has 0 saturated carbocycles. The van der Waals surface area contributed by atoms with E-state index in [2.05, 4.69) is 0 Å². The van der Waals surface area contributed by atoms with Crippen LogP contribution in [-0.2, 0) is 23.8 Å². The van der Waals surface area contributed by atoms with Crippen LogP contribution < -0.4 is 0 Å². The molecule has 0 N–H and O–H groups in total. The van der Waals surface area contributed by atoms with Crippen molar-refractivity contribution in [1.82, 2.24) is 0 Å². The van der Waals surface area contributed by atoms with Crippen molar-refractivity contribution in [2.75, 3.05) is 33.5 Å². The normalized spacial score (nSPS) is 10.0. The first-order valence-electron chi connectivity index (χ1n) is 4.57. The fourth-order valence-electron chi connectivity index (χ4n) is 0.731. The van der Waals surface area contributed by atoms with Gasteiger partial charge in [-0.25, -0.2) is 0 Å². The second-order valence-corrected chi connectivity index (χ2v) is 3.10. The third-order valence-electron chi connectivity index (χ3n) is 1.45. The van der Waals surface area contributed by atoms with Gasteiger partial charge in [-0.05, 0) is 11.6 Å². The lowest BCUT2D eigenvalue weighted by Crippen LogP contribution is -2.12. The van der Waals surface area contributed by atoms with Crippen molar-refractivity contribution in [3.63, 3.8) is 0 Å². The van der Waals surface area contributed by atoms with E-state index in [0.717, 1.165) is 0 Å². The van der Waals surface area contributed by atoms with Gasteiger partial charge in [0.15, 0.2) is 0 Å². The number of carbonyl (C=O) groups excluding carboxylic acids is 2. The van der Waals surface area contributed by atoms with E-state index < -0.39 is 11.2 Å². The highest BCUT2D eigenvalue weighted by molar-refractivity contribution is 6.63. The Morgan fingerprint density at radius 2 is 1.73 bits per heavy atom. The Kier molecular flexibility index (Phi) is 9.46. The second kappa shape index (κ2) is 9.89. The average Bonchev–Trinajstić information content (AvgIpc) is 2.20. The third kappa shape index (κ3) is 11.3. The van der Waals surface area contributed by atoms with Gasteiger partial charge >= 0.3 is 5.97 Å². The highest BCUT2D eigenvalue weighted by Crippen LogP contribution is 1.96.